The monoisotopic (exact) mass is 354 g/mol. The van der Waals surface area contributed by atoms with Gasteiger partial charge in [0.1, 0.15) is 6.10 Å². The number of rotatable bonds is 4. The summed E-state index contributed by atoms with van der Waals surface area (Å²) in [5.41, 5.74) is 0. The largest absolute Gasteiger partial charge is 0.462 e. The molecule has 0 unspecified atom stereocenters. The molecule has 0 bridgehead atoms. The van der Waals surface area contributed by atoms with E-state index in [1.807, 2.05) is 0 Å². The Kier molecular flexibility index (Phi) is 4.67. The van der Waals surface area contributed by atoms with Crippen molar-refractivity contribution in [3.63, 3.8) is 0 Å². The second-order valence-electron chi connectivity index (χ2n) is 9.48. The van der Waals surface area contributed by atoms with Crippen LogP contribution in [0.25, 0.3) is 0 Å². The lowest BCUT2D eigenvalue weighted by Gasteiger charge is -2.50. The molecule has 138 valence electrons. The molecule has 1 spiro atoms. The first-order valence-corrected chi connectivity index (χ1v) is 13.1. The van der Waals surface area contributed by atoms with E-state index in [2.05, 4.69) is 33.5 Å². The minimum atomic E-state index is -1.43. The highest BCUT2D eigenvalue weighted by atomic mass is 28.3. The molecule has 0 aromatic heterocycles. The van der Waals surface area contributed by atoms with Crippen molar-refractivity contribution < 1.29 is 19.0 Å². The van der Waals surface area contributed by atoms with Crippen LogP contribution in [-0.2, 0) is 19.0 Å². The van der Waals surface area contributed by atoms with E-state index >= 15 is 0 Å². The van der Waals surface area contributed by atoms with Crippen molar-refractivity contribution in [1.82, 2.24) is 0 Å². The maximum absolute atomic E-state index is 11.9. The van der Waals surface area contributed by atoms with Gasteiger partial charge in [0.15, 0.2) is 5.79 Å². The molecule has 0 N–H and O–H groups in total. The predicted molar refractivity (Wildman–Crippen MR) is 96.5 cm³/mol. The quantitative estimate of drug-likeness (QED) is 0.560. The molecule has 0 aromatic carbocycles. The summed E-state index contributed by atoms with van der Waals surface area (Å²) in [6, 6.07) is 0. The van der Waals surface area contributed by atoms with Crippen molar-refractivity contribution in [2.75, 3.05) is 13.2 Å². The summed E-state index contributed by atoms with van der Waals surface area (Å²) in [6.45, 7) is 14.9. The van der Waals surface area contributed by atoms with Gasteiger partial charge in [-0.3, -0.25) is 4.79 Å². The Morgan fingerprint density at radius 3 is 1.96 bits per heavy atom. The summed E-state index contributed by atoms with van der Waals surface area (Å²) in [5.74, 6) is 0.764. The number of hydrogen-bond donors (Lipinski definition) is 0. The summed E-state index contributed by atoms with van der Waals surface area (Å²) in [6.07, 6.45) is 4.33. The zero-order valence-corrected chi connectivity index (χ0v) is 17.2. The molecule has 0 amide bonds. The fourth-order valence-electron chi connectivity index (χ4n) is 5.56. The minimum absolute atomic E-state index is 0.0606. The molecule has 5 heteroatoms. The van der Waals surface area contributed by atoms with Crippen LogP contribution in [0.1, 0.15) is 46.5 Å². The summed E-state index contributed by atoms with van der Waals surface area (Å²) in [7, 11) is -1.43. The van der Waals surface area contributed by atoms with E-state index in [9.17, 15) is 4.79 Å². The van der Waals surface area contributed by atoms with Crippen molar-refractivity contribution >= 4 is 14.0 Å². The fraction of sp³-hybridized carbons (Fsp3) is 0.947. The van der Waals surface area contributed by atoms with Crippen LogP contribution in [0.15, 0.2) is 0 Å². The van der Waals surface area contributed by atoms with Crippen molar-refractivity contribution in [3.8, 4) is 0 Å². The minimum Gasteiger partial charge on any atom is -0.462 e. The van der Waals surface area contributed by atoms with E-state index < -0.39 is 8.07 Å². The fourth-order valence-corrected chi connectivity index (χ4v) is 8.29. The smallest absolute Gasteiger partial charge is 0.302 e. The standard InChI is InChI=1S/C19H34O4Si/c1-13-11-19(21-9-10-22-19)12-14(2)16(13)17(23-15(3)20)18(7-8-18)24(4,5)6/h13-14,16-17H,7-12H2,1-6H3/t13-,14-,17-/m1/s1. The highest BCUT2D eigenvalue weighted by Crippen LogP contribution is 2.67. The topological polar surface area (TPSA) is 44.8 Å². The first kappa shape index (κ1) is 18.4. The number of hydrogen-bond acceptors (Lipinski definition) is 4. The van der Waals surface area contributed by atoms with Crippen LogP contribution < -0.4 is 0 Å². The molecule has 1 heterocycles. The van der Waals surface area contributed by atoms with Crippen LogP contribution in [0.4, 0.5) is 0 Å². The van der Waals surface area contributed by atoms with Gasteiger partial charge in [0.05, 0.1) is 21.3 Å². The van der Waals surface area contributed by atoms with Crippen LogP contribution >= 0.6 is 0 Å². The Balaban J connectivity index is 1.86. The van der Waals surface area contributed by atoms with E-state index in [0.717, 1.165) is 12.8 Å². The maximum Gasteiger partial charge on any atom is 0.302 e. The third kappa shape index (κ3) is 3.08. The van der Waals surface area contributed by atoms with E-state index in [4.69, 9.17) is 14.2 Å². The molecule has 24 heavy (non-hydrogen) atoms. The Labute approximate surface area is 147 Å². The summed E-state index contributed by atoms with van der Waals surface area (Å²) in [4.78, 5) is 11.9. The SMILES string of the molecule is CC(=O)O[C@H](C1[C@H](C)CC2(C[C@H]1C)OCCO2)C1([Si](C)(C)C)CC1. The average molecular weight is 355 g/mol. The Morgan fingerprint density at radius 1 is 1.08 bits per heavy atom. The molecule has 2 aliphatic carbocycles. The van der Waals surface area contributed by atoms with Crippen LogP contribution in [0.3, 0.4) is 0 Å². The Bertz CT molecular complexity index is 474. The lowest BCUT2D eigenvalue weighted by atomic mass is 9.67. The molecule has 3 atom stereocenters. The highest BCUT2D eigenvalue weighted by molar-refractivity contribution is 6.80. The first-order chi connectivity index (χ1) is 11.1. The van der Waals surface area contributed by atoms with E-state index in [1.165, 1.54) is 12.8 Å². The van der Waals surface area contributed by atoms with Gasteiger partial charge in [-0.1, -0.05) is 33.5 Å². The molecule has 4 nitrogen and oxygen atoms in total. The third-order valence-corrected chi connectivity index (χ3v) is 10.6. The van der Waals surface area contributed by atoms with Gasteiger partial charge >= 0.3 is 5.97 Å². The van der Waals surface area contributed by atoms with Gasteiger partial charge < -0.3 is 14.2 Å². The molecule has 1 saturated heterocycles. The summed E-state index contributed by atoms with van der Waals surface area (Å²) < 4.78 is 18.0. The lowest BCUT2D eigenvalue weighted by molar-refractivity contribution is -0.215. The molecule has 3 rings (SSSR count). The molecule has 2 saturated carbocycles. The van der Waals surface area contributed by atoms with Gasteiger partial charge in [0, 0.05) is 30.7 Å². The van der Waals surface area contributed by atoms with Gasteiger partial charge in [-0.05, 0) is 24.7 Å². The Hall–Kier alpha value is -0.393. The first-order valence-electron chi connectivity index (χ1n) is 9.55. The van der Waals surface area contributed by atoms with Gasteiger partial charge in [-0.25, -0.2) is 0 Å². The second kappa shape index (κ2) is 6.10. The maximum atomic E-state index is 11.9. The van der Waals surface area contributed by atoms with Crippen molar-refractivity contribution in [2.24, 2.45) is 17.8 Å². The van der Waals surface area contributed by atoms with Gasteiger partial charge in [0.25, 0.3) is 0 Å². The summed E-state index contributed by atoms with van der Waals surface area (Å²) >= 11 is 0. The lowest BCUT2D eigenvalue weighted by Crippen LogP contribution is -2.52. The third-order valence-electron chi connectivity index (χ3n) is 6.86. The van der Waals surface area contributed by atoms with Crippen LogP contribution in [0.2, 0.25) is 24.7 Å². The van der Waals surface area contributed by atoms with Gasteiger partial charge in [-0.15, -0.1) is 0 Å². The highest BCUT2D eigenvalue weighted by Gasteiger charge is 2.63. The average Bonchev–Trinajstić information content (AvgIpc) is 3.14. The van der Waals surface area contributed by atoms with Crippen LogP contribution in [0, 0.1) is 17.8 Å². The Morgan fingerprint density at radius 2 is 1.58 bits per heavy atom. The van der Waals surface area contributed by atoms with Crippen LogP contribution in [-0.4, -0.2) is 39.1 Å². The number of carbonyl (C=O) groups is 1. The molecular formula is C19H34O4Si. The van der Waals surface area contributed by atoms with Crippen molar-refractivity contribution in [2.45, 2.75) is 83.0 Å². The van der Waals surface area contributed by atoms with Crippen molar-refractivity contribution in [3.05, 3.63) is 0 Å². The second-order valence-corrected chi connectivity index (χ2v) is 15.0. The zero-order valence-electron chi connectivity index (χ0n) is 16.2. The normalized spacial score (nSPS) is 35.7. The molecular weight excluding hydrogens is 320 g/mol. The van der Waals surface area contributed by atoms with E-state index in [-0.39, 0.29) is 22.9 Å². The van der Waals surface area contributed by atoms with Gasteiger partial charge in [-0.2, -0.15) is 0 Å². The molecule has 0 radical (unpaired) electrons. The molecule has 0 aromatic rings. The van der Waals surface area contributed by atoms with Crippen LogP contribution in [0.5, 0.6) is 0 Å². The summed E-state index contributed by atoms with van der Waals surface area (Å²) in [5, 5.41) is 0.258. The predicted octanol–water partition coefficient (Wildman–Crippen LogP) is 4.22. The van der Waals surface area contributed by atoms with E-state index in [1.54, 1.807) is 6.92 Å². The number of ether oxygens (including phenoxy) is 3. The zero-order chi connectivity index (χ0) is 17.8. The van der Waals surface area contributed by atoms with Crippen molar-refractivity contribution in [1.29, 1.82) is 0 Å². The van der Waals surface area contributed by atoms with E-state index in [0.29, 0.717) is 31.0 Å². The molecule has 3 fully saturated rings. The van der Waals surface area contributed by atoms with Gasteiger partial charge in [0.2, 0.25) is 0 Å². The molecule has 1 aliphatic heterocycles. The number of carbonyl (C=O) groups excluding carboxylic acids is 1. The number of esters is 1. The molecule has 3 aliphatic rings.